The number of carboxylic acid groups (broad SMARTS) is 1. The summed E-state index contributed by atoms with van der Waals surface area (Å²) in [5, 5.41) is 9.07. The molecule has 0 saturated carbocycles. The monoisotopic (exact) mass is 397 g/mol. The lowest BCUT2D eigenvalue weighted by molar-refractivity contribution is -0.141. The van der Waals surface area contributed by atoms with Crippen LogP contribution in [-0.4, -0.2) is 48.2 Å². The van der Waals surface area contributed by atoms with Gasteiger partial charge in [-0.1, -0.05) is 29.8 Å². The Labute approximate surface area is 171 Å². The highest BCUT2D eigenvalue weighted by Crippen LogP contribution is 2.20. The van der Waals surface area contributed by atoms with Gasteiger partial charge >= 0.3 is 5.97 Å². The number of aliphatic carboxylic acids is 1. The fraction of sp³-hybridized carbons (Fsp3) is 0.391. The first-order valence-corrected chi connectivity index (χ1v) is 9.85. The molecule has 1 atom stereocenters. The van der Waals surface area contributed by atoms with Crippen LogP contribution in [0.4, 0.5) is 0 Å². The predicted octanol–water partition coefficient (Wildman–Crippen LogP) is 3.24. The number of hydrogen-bond donors (Lipinski definition) is 1. The van der Waals surface area contributed by atoms with Gasteiger partial charge in [0.1, 0.15) is 24.7 Å². The molecule has 1 unspecified atom stereocenters. The number of carbonyl (C=O) groups is 2. The van der Waals surface area contributed by atoms with Crippen LogP contribution in [0.2, 0.25) is 0 Å². The van der Waals surface area contributed by atoms with Gasteiger partial charge < -0.3 is 19.5 Å². The Morgan fingerprint density at radius 1 is 1.14 bits per heavy atom. The molecule has 1 N–H and O–H groups in total. The fourth-order valence-corrected chi connectivity index (χ4v) is 3.48. The standard InChI is InChI=1S/C23H27NO5/c1-16-6-7-21(17(2)12-16)29-11-10-28-20-5-3-4-18(13-20)8-9-24-15-19(23(26)27)14-22(24)25/h3-7,12-13,19H,8-11,14-15H2,1-2H3,(H,26,27). The van der Waals surface area contributed by atoms with Crippen molar-refractivity contribution in [2.75, 3.05) is 26.3 Å². The van der Waals surface area contributed by atoms with Crippen LogP contribution in [-0.2, 0) is 16.0 Å². The lowest BCUT2D eigenvalue weighted by Gasteiger charge is -2.16. The zero-order valence-electron chi connectivity index (χ0n) is 16.9. The predicted molar refractivity (Wildman–Crippen MR) is 109 cm³/mol. The third-order valence-electron chi connectivity index (χ3n) is 5.07. The molecular formula is C23H27NO5. The molecule has 3 rings (SSSR count). The topological polar surface area (TPSA) is 76.1 Å². The molecule has 1 fully saturated rings. The Morgan fingerprint density at radius 2 is 1.93 bits per heavy atom. The van der Waals surface area contributed by atoms with Crippen LogP contribution in [0.5, 0.6) is 11.5 Å². The Kier molecular flexibility index (Phi) is 6.75. The van der Waals surface area contributed by atoms with Gasteiger partial charge in [-0.3, -0.25) is 9.59 Å². The molecule has 2 aromatic rings. The summed E-state index contributed by atoms with van der Waals surface area (Å²) < 4.78 is 11.6. The third-order valence-corrected chi connectivity index (χ3v) is 5.07. The number of aryl methyl sites for hydroxylation is 2. The molecule has 1 aliphatic heterocycles. The molecule has 0 aromatic heterocycles. The van der Waals surface area contributed by atoms with Crippen LogP contribution in [0, 0.1) is 19.8 Å². The van der Waals surface area contributed by atoms with Crippen LogP contribution in [0.15, 0.2) is 42.5 Å². The summed E-state index contributed by atoms with van der Waals surface area (Å²) in [5.74, 6) is 0.0350. The van der Waals surface area contributed by atoms with E-state index < -0.39 is 11.9 Å². The molecule has 6 nitrogen and oxygen atoms in total. The number of rotatable bonds is 9. The average molecular weight is 397 g/mol. The zero-order valence-corrected chi connectivity index (χ0v) is 16.9. The average Bonchev–Trinajstić information content (AvgIpc) is 3.06. The highest BCUT2D eigenvalue weighted by Gasteiger charge is 2.33. The number of hydrogen-bond acceptors (Lipinski definition) is 4. The summed E-state index contributed by atoms with van der Waals surface area (Å²) in [6, 6.07) is 13.8. The van der Waals surface area contributed by atoms with Crippen LogP contribution in [0.1, 0.15) is 23.1 Å². The summed E-state index contributed by atoms with van der Waals surface area (Å²) in [6.07, 6.45) is 0.757. The van der Waals surface area contributed by atoms with E-state index in [0.29, 0.717) is 32.7 Å². The smallest absolute Gasteiger partial charge is 0.308 e. The summed E-state index contributed by atoms with van der Waals surface area (Å²) in [4.78, 5) is 24.6. The van der Waals surface area contributed by atoms with Crippen molar-refractivity contribution in [3.63, 3.8) is 0 Å². The van der Waals surface area contributed by atoms with Crippen molar-refractivity contribution in [1.82, 2.24) is 4.90 Å². The first-order chi connectivity index (χ1) is 13.9. The minimum Gasteiger partial charge on any atom is -0.490 e. The van der Waals surface area contributed by atoms with Crippen LogP contribution >= 0.6 is 0 Å². The van der Waals surface area contributed by atoms with E-state index in [1.807, 2.05) is 43.3 Å². The van der Waals surface area contributed by atoms with E-state index in [1.165, 1.54) is 5.56 Å². The minimum absolute atomic E-state index is 0.0895. The number of nitrogens with zero attached hydrogens (tertiary/aromatic N) is 1. The number of likely N-dealkylation sites (tertiary alicyclic amines) is 1. The Morgan fingerprint density at radius 3 is 2.66 bits per heavy atom. The van der Waals surface area contributed by atoms with E-state index in [-0.39, 0.29) is 12.3 Å². The summed E-state index contributed by atoms with van der Waals surface area (Å²) in [6.45, 7) is 5.77. The number of carboxylic acids is 1. The molecule has 1 saturated heterocycles. The van der Waals surface area contributed by atoms with Gasteiger partial charge in [0.25, 0.3) is 0 Å². The summed E-state index contributed by atoms with van der Waals surface area (Å²) in [7, 11) is 0. The molecule has 6 heteroatoms. The molecular weight excluding hydrogens is 370 g/mol. The van der Waals surface area contributed by atoms with E-state index in [4.69, 9.17) is 14.6 Å². The van der Waals surface area contributed by atoms with Gasteiger partial charge in [-0.2, -0.15) is 0 Å². The van der Waals surface area contributed by atoms with Crippen LogP contribution in [0.25, 0.3) is 0 Å². The minimum atomic E-state index is -0.903. The Balaban J connectivity index is 1.44. The normalized spacial score (nSPS) is 16.1. The second kappa shape index (κ2) is 9.45. The maximum atomic E-state index is 11.9. The van der Waals surface area contributed by atoms with E-state index in [2.05, 4.69) is 13.0 Å². The molecule has 1 aliphatic rings. The molecule has 1 amide bonds. The van der Waals surface area contributed by atoms with E-state index in [9.17, 15) is 9.59 Å². The number of benzene rings is 2. The van der Waals surface area contributed by atoms with Crippen molar-refractivity contribution in [3.05, 3.63) is 59.2 Å². The van der Waals surface area contributed by atoms with Crippen molar-refractivity contribution < 1.29 is 24.2 Å². The summed E-state index contributed by atoms with van der Waals surface area (Å²) >= 11 is 0. The largest absolute Gasteiger partial charge is 0.490 e. The Bertz CT molecular complexity index is 879. The van der Waals surface area contributed by atoms with Gasteiger partial charge in [0, 0.05) is 19.5 Å². The molecule has 0 bridgehead atoms. The maximum absolute atomic E-state index is 11.9. The quantitative estimate of drug-likeness (QED) is 0.658. The van der Waals surface area contributed by atoms with Gasteiger partial charge in [-0.25, -0.2) is 0 Å². The number of amides is 1. The van der Waals surface area contributed by atoms with Crippen molar-refractivity contribution >= 4 is 11.9 Å². The first kappa shape index (κ1) is 20.7. The number of ether oxygens (including phenoxy) is 2. The van der Waals surface area contributed by atoms with Crippen molar-refractivity contribution in [3.8, 4) is 11.5 Å². The molecule has 2 aromatic carbocycles. The van der Waals surface area contributed by atoms with Gasteiger partial charge in [0.2, 0.25) is 5.91 Å². The second-order valence-electron chi connectivity index (χ2n) is 7.44. The highest BCUT2D eigenvalue weighted by molar-refractivity contribution is 5.86. The third kappa shape index (κ3) is 5.73. The zero-order chi connectivity index (χ0) is 20.8. The van der Waals surface area contributed by atoms with E-state index >= 15 is 0 Å². The molecule has 0 aliphatic carbocycles. The van der Waals surface area contributed by atoms with Gasteiger partial charge in [-0.05, 0) is 49.6 Å². The van der Waals surface area contributed by atoms with Crippen molar-refractivity contribution in [1.29, 1.82) is 0 Å². The lowest BCUT2D eigenvalue weighted by Crippen LogP contribution is -2.28. The molecule has 154 valence electrons. The van der Waals surface area contributed by atoms with Gasteiger partial charge in [0.05, 0.1) is 5.92 Å². The SMILES string of the molecule is Cc1ccc(OCCOc2cccc(CCN3CC(C(=O)O)CC3=O)c2)c(C)c1. The molecule has 0 spiro atoms. The van der Waals surface area contributed by atoms with E-state index in [0.717, 1.165) is 22.6 Å². The molecule has 29 heavy (non-hydrogen) atoms. The van der Waals surface area contributed by atoms with Crippen molar-refractivity contribution in [2.24, 2.45) is 5.92 Å². The maximum Gasteiger partial charge on any atom is 0.308 e. The Hall–Kier alpha value is -3.02. The van der Waals surface area contributed by atoms with Gasteiger partial charge in [-0.15, -0.1) is 0 Å². The summed E-state index contributed by atoms with van der Waals surface area (Å²) in [5.41, 5.74) is 3.36. The molecule has 1 heterocycles. The fourth-order valence-electron chi connectivity index (χ4n) is 3.48. The second-order valence-corrected chi connectivity index (χ2v) is 7.44. The first-order valence-electron chi connectivity index (χ1n) is 9.85. The lowest BCUT2D eigenvalue weighted by atomic mass is 10.1. The molecule has 0 radical (unpaired) electrons. The highest BCUT2D eigenvalue weighted by atomic mass is 16.5. The van der Waals surface area contributed by atoms with Crippen molar-refractivity contribution in [2.45, 2.75) is 26.7 Å². The number of carbonyl (C=O) groups excluding carboxylic acids is 1. The van der Waals surface area contributed by atoms with Crippen LogP contribution in [0.3, 0.4) is 0 Å². The van der Waals surface area contributed by atoms with Crippen LogP contribution < -0.4 is 9.47 Å². The van der Waals surface area contributed by atoms with Gasteiger partial charge in [0.15, 0.2) is 0 Å². The van der Waals surface area contributed by atoms with E-state index in [1.54, 1.807) is 4.90 Å².